The van der Waals surface area contributed by atoms with Crippen LogP contribution in [0.4, 0.5) is 17.6 Å². The minimum absolute atomic E-state index is 0.468. The Morgan fingerprint density at radius 1 is 0.903 bits per heavy atom. The van der Waals surface area contributed by atoms with Crippen molar-refractivity contribution >= 4 is 34.9 Å². The maximum atomic E-state index is 5.67. The van der Waals surface area contributed by atoms with Gasteiger partial charge in [-0.15, -0.1) is 0 Å². The second-order valence-electron chi connectivity index (χ2n) is 9.93. The fraction of sp³-hybridized carbons (Fsp3) is 0.792. The maximum Gasteiger partial charge on any atom is 0.232 e. The minimum Gasteiger partial charge on any atom is -0.360 e. The lowest BCUT2D eigenvalue weighted by Crippen LogP contribution is -2.40. The van der Waals surface area contributed by atoms with Crippen molar-refractivity contribution in [2.24, 2.45) is 5.92 Å². The van der Waals surface area contributed by atoms with Crippen molar-refractivity contribution in [2.45, 2.75) is 96.6 Å². The highest BCUT2D eigenvalue weighted by Gasteiger charge is 2.24. The summed E-state index contributed by atoms with van der Waals surface area (Å²) in [5.74, 6) is 3.41. The van der Waals surface area contributed by atoms with Crippen LogP contribution in [-0.2, 0) is 0 Å². The monoisotopic (exact) mass is 444 g/mol. The second kappa shape index (κ2) is 10.8. The Kier molecular flexibility index (Phi) is 7.86. The first-order valence-electron chi connectivity index (χ1n) is 12.6. The number of rotatable bonds is 4. The molecule has 2 N–H and O–H groups in total. The van der Waals surface area contributed by atoms with Crippen LogP contribution in [-0.4, -0.2) is 46.8 Å². The van der Waals surface area contributed by atoms with Gasteiger partial charge in [-0.25, -0.2) is 0 Å². The molecule has 0 bridgehead atoms. The molecular weight excluding hydrogens is 404 g/mol. The van der Waals surface area contributed by atoms with Crippen LogP contribution in [0.1, 0.15) is 84.5 Å². The molecule has 0 radical (unpaired) electrons. The molecule has 7 heteroatoms. The molecular formula is C24H40N6S. The van der Waals surface area contributed by atoms with Crippen LogP contribution in [0.15, 0.2) is 6.07 Å². The molecule has 0 spiro atoms. The summed E-state index contributed by atoms with van der Waals surface area (Å²) in [6.45, 7) is 7.86. The van der Waals surface area contributed by atoms with Crippen molar-refractivity contribution in [3.05, 3.63) is 6.07 Å². The molecule has 172 valence electrons. The molecule has 3 aliphatic rings. The Bertz CT molecular complexity index is 733. The summed E-state index contributed by atoms with van der Waals surface area (Å²) in [5.41, 5.74) is 0. The number of nitrogens with one attached hydrogen (secondary N) is 2. The predicted octanol–water partition coefficient (Wildman–Crippen LogP) is 5.10. The van der Waals surface area contributed by atoms with E-state index in [1.165, 1.54) is 70.6 Å². The first-order valence-corrected chi connectivity index (χ1v) is 13.0. The smallest absolute Gasteiger partial charge is 0.232 e. The van der Waals surface area contributed by atoms with E-state index in [1.807, 2.05) is 0 Å². The fourth-order valence-electron chi connectivity index (χ4n) is 5.37. The molecule has 6 nitrogen and oxygen atoms in total. The van der Waals surface area contributed by atoms with Crippen molar-refractivity contribution in [3.8, 4) is 0 Å². The summed E-state index contributed by atoms with van der Waals surface area (Å²) >= 11 is 5.67. The number of nitrogens with zero attached hydrogens (tertiary/aromatic N) is 4. The average molecular weight is 445 g/mol. The summed E-state index contributed by atoms with van der Waals surface area (Å²) in [5, 5.41) is 7.53. The van der Waals surface area contributed by atoms with E-state index in [9.17, 15) is 0 Å². The molecule has 2 unspecified atom stereocenters. The second-order valence-corrected chi connectivity index (χ2v) is 10.3. The average Bonchev–Trinajstić information content (AvgIpc) is 3.02. The maximum absolute atomic E-state index is 5.67. The molecule has 4 rings (SSSR count). The van der Waals surface area contributed by atoms with Gasteiger partial charge in [0.25, 0.3) is 0 Å². The van der Waals surface area contributed by atoms with Crippen LogP contribution in [0.5, 0.6) is 0 Å². The zero-order valence-corrected chi connectivity index (χ0v) is 20.2. The van der Waals surface area contributed by atoms with Gasteiger partial charge in [0.2, 0.25) is 5.95 Å². The van der Waals surface area contributed by atoms with Gasteiger partial charge in [-0.05, 0) is 70.0 Å². The molecule has 2 saturated heterocycles. The summed E-state index contributed by atoms with van der Waals surface area (Å²) < 4.78 is 0. The van der Waals surface area contributed by atoms with Gasteiger partial charge in [-0.1, -0.05) is 32.6 Å². The molecule has 1 aliphatic carbocycles. The van der Waals surface area contributed by atoms with E-state index in [4.69, 9.17) is 22.2 Å². The van der Waals surface area contributed by atoms with E-state index in [0.717, 1.165) is 31.3 Å². The molecule has 2 atom stereocenters. The van der Waals surface area contributed by atoms with Crippen LogP contribution in [0, 0.1) is 5.92 Å². The first-order chi connectivity index (χ1) is 15.1. The van der Waals surface area contributed by atoms with Crippen molar-refractivity contribution in [2.75, 3.05) is 34.8 Å². The molecule has 1 aromatic heterocycles. The highest BCUT2D eigenvalue weighted by Crippen LogP contribution is 2.29. The third kappa shape index (κ3) is 6.21. The summed E-state index contributed by atoms with van der Waals surface area (Å²) in [6.07, 6.45) is 14.0. The lowest BCUT2D eigenvalue weighted by atomic mass is 10.0. The Hall–Kier alpha value is -1.63. The Labute approximate surface area is 193 Å². The highest BCUT2D eigenvalue weighted by molar-refractivity contribution is 7.80. The normalized spacial score (nSPS) is 25.7. The van der Waals surface area contributed by atoms with Gasteiger partial charge in [0.05, 0.1) is 0 Å². The van der Waals surface area contributed by atoms with E-state index < -0.39 is 0 Å². The molecule has 3 heterocycles. The summed E-state index contributed by atoms with van der Waals surface area (Å²) in [4.78, 5) is 14.7. The molecule has 2 aliphatic heterocycles. The van der Waals surface area contributed by atoms with Gasteiger partial charge in [-0.2, -0.15) is 9.97 Å². The van der Waals surface area contributed by atoms with Gasteiger partial charge in [0.1, 0.15) is 11.6 Å². The number of anilines is 3. The standard InChI is InChI=1S/C24H40N6S/c1-18-10-9-14-29(17-18)21-16-22(30-15-8-7-11-19(30)2)27-23(26-21)28-24(31)25-20-12-5-3-4-6-13-20/h16,18-20H,3-15,17H2,1-2H3,(H2,25,26,27,28,31). The zero-order valence-electron chi connectivity index (χ0n) is 19.4. The van der Waals surface area contributed by atoms with Crippen LogP contribution >= 0.6 is 12.2 Å². The largest absolute Gasteiger partial charge is 0.360 e. The van der Waals surface area contributed by atoms with E-state index in [1.54, 1.807) is 0 Å². The Morgan fingerprint density at radius 2 is 1.65 bits per heavy atom. The van der Waals surface area contributed by atoms with Crippen molar-refractivity contribution in [1.29, 1.82) is 0 Å². The van der Waals surface area contributed by atoms with E-state index in [2.05, 4.69) is 40.3 Å². The molecule has 0 aromatic carbocycles. The van der Waals surface area contributed by atoms with E-state index in [-0.39, 0.29) is 0 Å². The first kappa shape index (κ1) is 22.6. The SMILES string of the molecule is CC1CCCN(c2cc(N3CCCCC3C)nc(NC(=S)NC3CCCCCC3)n2)C1. The molecule has 3 fully saturated rings. The molecule has 1 saturated carbocycles. The van der Waals surface area contributed by atoms with Crippen molar-refractivity contribution in [3.63, 3.8) is 0 Å². The van der Waals surface area contributed by atoms with Gasteiger partial charge >= 0.3 is 0 Å². The van der Waals surface area contributed by atoms with Crippen molar-refractivity contribution in [1.82, 2.24) is 15.3 Å². The number of hydrogen-bond donors (Lipinski definition) is 2. The van der Waals surface area contributed by atoms with Crippen molar-refractivity contribution < 1.29 is 0 Å². The van der Waals surface area contributed by atoms with Gasteiger partial charge < -0.3 is 20.4 Å². The predicted molar refractivity (Wildman–Crippen MR) is 134 cm³/mol. The van der Waals surface area contributed by atoms with E-state index in [0.29, 0.717) is 29.1 Å². The zero-order chi connectivity index (χ0) is 21.6. The Balaban J connectivity index is 1.52. The Morgan fingerprint density at radius 3 is 2.39 bits per heavy atom. The summed E-state index contributed by atoms with van der Waals surface area (Å²) in [7, 11) is 0. The number of piperidine rings is 2. The minimum atomic E-state index is 0.468. The molecule has 1 aromatic rings. The number of aromatic nitrogens is 2. The third-order valence-electron chi connectivity index (χ3n) is 7.19. The van der Waals surface area contributed by atoms with Gasteiger partial charge in [-0.3, -0.25) is 0 Å². The van der Waals surface area contributed by atoms with Crippen LogP contribution in [0.25, 0.3) is 0 Å². The lowest BCUT2D eigenvalue weighted by molar-refractivity contribution is 0.444. The number of hydrogen-bond acceptors (Lipinski definition) is 5. The fourth-order valence-corrected chi connectivity index (χ4v) is 5.63. The number of thiocarbonyl (C=S) groups is 1. The summed E-state index contributed by atoms with van der Waals surface area (Å²) in [6, 6.07) is 3.18. The highest BCUT2D eigenvalue weighted by atomic mass is 32.1. The van der Waals surface area contributed by atoms with Crippen LogP contribution < -0.4 is 20.4 Å². The van der Waals surface area contributed by atoms with Crippen LogP contribution in [0.3, 0.4) is 0 Å². The van der Waals surface area contributed by atoms with E-state index >= 15 is 0 Å². The molecule has 0 amide bonds. The third-order valence-corrected chi connectivity index (χ3v) is 7.41. The topological polar surface area (TPSA) is 56.3 Å². The van der Waals surface area contributed by atoms with Gasteiger partial charge in [0, 0.05) is 37.8 Å². The van der Waals surface area contributed by atoms with Gasteiger partial charge in [0.15, 0.2) is 5.11 Å². The lowest BCUT2D eigenvalue weighted by Gasteiger charge is -2.36. The quantitative estimate of drug-likeness (QED) is 0.495. The molecule has 31 heavy (non-hydrogen) atoms. The van der Waals surface area contributed by atoms with Crippen LogP contribution in [0.2, 0.25) is 0 Å².